The van der Waals surface area contributed by atoms with Gasteiger partial charge in [-0.25, -0.2) is 15.0 Å². The molecule has 0 radical (unpaired) electrons. The molecule has 0 amide bonds. The fraction of sp³-hybridized carbons (Fsp3) is 0.241. The Labute approximate surface area is 333 Å². The van der Waals surface area contributed by atoms with E-state index in [-0.39, 0.29) is 10.8 Å². The first-order valence-electron chi connectivity index (χ1n) is 21.1. The first-order valence-corrected chi connectivity index (χ1v) is 21.1. The molecule has 8 aromatic rings. The minimum Gasteiger partial charge on any atom is -0.208 e. The van der Waals surface area contributed by atoms with Crippen molar-refractivity contribution in [2.24, 2.45) is 23.7 Å². The third kappa shape index (κ3) is 4.35. The van der Waals surface area contributed by atoms with Crippen LogP contribution >= 0.6 is 0 Å². The van der Waals surface area contributed by atoms with E-state index in [9.17, 15) is 0 Å². The minimum absolute atomic E-state index is 0.0885. The molecular formula is C54H43N3. The van der Waals surface area contributed by atoms with Gasteiger partial charge >= 0.3 is 0 Å². The highest BCUT2D eigenvalue weighted by molar-refractivity contribution is 5.99. The number of nitrogens with zero attached hydrogens (tertiary/aromatic N) is 3. The molecule has 57 heavy (non-hydrogen) atoms. The molecule has 0 atom stereocenters. The minimum atomic E-state index is -0.192. The molecule has 3 nitrogen and oxygen atoms in total. The van der Waals surface area contributed by atoms with Crippen LogP contribution in [0.2, 0.25) is 0 Å². The third-order valence-electron chi connectivity index (χ3n) is 15.2. The standard InChI is InChI=1S/C54H43N3/c1-53(2)46-18-9-8-15-41(46)42-16-10-17-43(49(42)53)52-56-50(33-11-4-3-5-12-33)55-51(57-52)37-20-19-36-28-45-44-27-34-13-6-7-14-35(34)29-47(44)54(48(45)30-38(36)26-37)39-22-31-21-32(24-39)25-40(54)23-31/h3-20,26-32,39-40H,21-25H2,1-2H3. The molecular weight excluding hydrogens is 691 g/mol. The molecule has 1 heterocycles. The van der Waals surface area contributed by atoms with Crippen LogP contribution in [-0.4, -0.2) is 15.0 Å². The van der Waals surface area contributed by atoms with E-state index < -0.39 is 0 Å². The van der Waals surface area contributed by atoms with Crippen molar-refractivity contribution in [2.75, 3.05) is 0 Å². The van der Waals surface area contributed by atoms with Gasteiger partial charge in [0.1, 0.15) is 0 Å². The number of hydrogen-bond donors (Lipinski definition) is 0. The van der Waals surface area contributed by atoms with Gasteiger partial charge in [0, 0.05) is 27.5 Å². The summed E-state index contributed by atoms with van der Waals surface area (Å²) in [6.45, 7) is 4.67. The van der Waals surface area contributed by atoms with Gasteiger partial charge in [-0.1, -0.05) is 123 Å². The fourth-order valence-corrected chi connectivity index (χ4v) is 13.1. The zero-order valence-electron chi connectivity index (χ0n) is 32.5. The van der Waals surface area contributed by atoms with Gasteiger partial charge in [0.25, 0.3) is 0 Å². The predicted octanol–water partition coefficient (Wildman–Crippen LogP) is 13.2. The summed E-state index contributed by atoms with van der Waals surface area (Å²) in [4.78, 5) is 15.8. The second kappa shape index (κ2) is 11.3. The number of aromatic nitrogens is 3. The summed E-state index contributed by atoms with van der Waals surface area (Å²) in [6, 6.07) is 52.0. The van der Waals surface area contributed by atoms with Crippen molar-refractivity contribution in [3.63, 3.8) is 0 Å². The quantitative estimate of drug-likeness (QED) is 0.181. The summed E-state index contributed by atoms with van der Waals surface area (Å²) < 4.78 is 0. The van der Waals surface area contributed by atoms with Crippen molar-refractivity contribution in [1.82, 2.24) is 15.0 Å². The van der Waals surface area contributed by atoms with Crippen molar-refractivity contribution < 1.29 is 0 Å². The van der Waals surface area contributed by atoms with Gasteiger partial charge in [0.05, 0.1) is 0 Å². The van der Waals surface area contributed by atoms with Crippen LogP contribution in [0, 0.1) is 23.7 Å². The first kappa shape index (κ1) is 32.2. The Hall–Kier alpha value is -5.93. The second-order valence-corrected chi connectivity index (χ2v) is 18.4. The summed E-state index contributed by atoms with van der Waals surface area (Å²) in [7, 11) is 0. The van der Waals surface area contributed by atoms with Gasteiger partial charge in [0.2, 0.25) is 0 Å². The summed E-state index contributed by atoms with van der Waals surface area (Å²) in [6.07, 6.45) is 6.95. The molecule has 274 valence electrons. The van der Waals surface area contributed by atoms with E-state index in [1.54, 1.807) is 11.1 Å². The Bertz CT molecular complexity index is 2980. The molecule has 4 saturated carbocycles. The normalized spacial score (nSPS) is 24.2. The fourth-order valence-electron chi connectivity index (χ4n) is 13.1. The van der Waals surface area contributed by atoms with Crippen LogP contribution in [0.5, 0.6) is 0 Å². The molecule has 0 N–H and O–H groups in total. The van der Waals surface area contributed by atoms with Gasteiger partial charge in [-0.05, 0) is 152 Å². The molecule has 6 aliphatic rings. The van der Waals surface area contributed by atoms with E-state index in [2.05, 4.69) is 153 Å². The summed E-state index contributed by atoms with van der Waals surface area (Å²) in [5.41, 5.74) is 14.3. The average molecular weight is 734 g/mol. The van der Waals surface area contributed by atoms with Crippen LogP contribution < -0.4 is 0 Å². The number of benzene rings is 7. The largest absolute Gasteiger partial charge is 0.208 e. The van der Waals surface area contributed by atoms with Gasteiger partial charge in [-0.2, -0.15) is 0 Å². The van der Waals surface area contributed by atoms with E-state index in [1.807, 2.05) is 0 Å². The van der Waals surface area contributed by atoms with Crippen LogP contribution in [0.3, 0.4) is 0 Å². The molecule has 4 fully saturated rings. The Kier molecular flexibility index (Phi) is 6.41. The van der Waals surface area contributed by atoms with Crippen molar-refractivity contribution in [2.45, 2.75) is 56.8 Å². The lowest BCUT2D eigenvalue weighted by Gasteiger charge is -2.61. The maximum Gasteiger partial charge on any atom is 0.164 e. The van der Waals surface area contributed by atoms with Crippen molar-refractivity contribution in [3.8, 4) is 56.4 Å². The van der Waals surface area contributed by atoms with Crippen LogP contribution in [0.15, 0.2) is 140 Å². The highest BCUT2D eigenvalue weighted by Gasteiger charge is 2.61. The highest BCUT2D eigenvalue weighted by Crippen LogP contribution is 2.70. The summed E-state index contributed by atoms with van der Waals surface area (Å²) >= 11 is 0. The monoisotopic (exact) mass is 733 g/mol. The Balaban J connectivity index is 1.01. The Morgan fingerprint density at radius 2 is 0.965 bits per heavy atom. The van der Waals surface area contributed by atoms with Gasteiger partial charge < -0.3 is 0 Å². The van der Waals surface area contributed by atoms with Crippen LogP contribution in [0.1, 0.15) is 68.2 Å². The van der Waals surface area contributed by atoms with Crippen molar-refractivity contribution in [3.05, 3.63) is 162 Å². The lowest BCUT2D eigenvalue weighted by atomic mass is 9.43. The number of hydrogen-bond acceptors (Lipinski definition) is 3. The second-order valence-electron chi connectivity index (χ2n) is 18.4. The first-order chi connectivity index (χ1) is 27.9. The maximum atomic E-state index is 5.37. The Morgan fingerprint density at radius 3 is 1.70 bits per heavy atom. The van der Waals surface area contributed by atoms with Gasteiger partial charge in [-0.3, -0.25) is 0 Å². The summed E-state index contributed by atoms with van der Waals surface area (Å²) in [5.74, 6) is 5.36. The highest BCUT2D eigenvalue weighted by atomic mass is 15.0. The molecule has 0 aliphatic heterocycles. The van der Waals surface area contributed by atoms with E-state index >= 15 is 0 Å². The van der Waals surface area contributed by atoms with E-state index in [0.717, 1.165) is 34.4 Å². The zero-order chi connectivity index (χ0) is 37.6. The van der Waals surface area contributed by atoms with E-state index in [1.165, 1.54) is 87.0 Å². The zero-order valence-corrected chi connectivity index (χ0v) is 32.5. The molecule has 14 rings (SSSR count). The van der Waals surface area contributed by atoms with Crippen LogP contribution in [-0.2, 0) is 10.8 Å². The predicted molar refractivity (Wildman–Crippen MR) is 232 cm³/mol. The molecule has 0 saturated heterocycles. The molecule has 6 aliphatic carbocycles. The van der Waals surface area contributed by atoms with Crippen LogP contribution in [0.4, 0.5) is 0 Å². The maximum absolute atomic E-state index is 5.37. The molecule has 1 spiro atoms. The van der Waals surface area contributed by atoms with E-state index in [0.29, 0.717) is 23.5 Å². The molecule has 7 aromatic carbocycles. The van der Waals surface area contributed by atoms with Crippen LogP contribution in [0.25, 0.3) is 78.0 Å². The number of rotatable bonds is 3. The Morgan fingerprint density at radius 1 is 0.404 bits per heavy atom. The lowest BCUT2D eigenvalue weighted by molar-refractivity contribution is -0.0398. The smallest absolute Gasteiger partial charge is 0.164 e. The SMILES string of the molecule is CC1(C)c2ccccc2-c2cccc(-c3nc(-c4ccccc4)nc(-c4ccc5cc6c(cc5c4)C4(c5cc7ccccc7cc5-6)C5CC6CC(C5)CC4C6)n3)c21. The molecule has 1 aromatic heterocycles. The molecule has 3 heteroatoms. The van der Waals surface area contributed by atoms with Crippen molar-refractivity contribution in [1.29, 1.82) is 0 Å². The molecule has 0 unspecified atom stereocenters. The van der Waals surface area contributed by atoms with Gasteiger partial charge in [0.15, 0.2) is 17.5 Å². The molecule has 4 bridgehead atoms. The lowest BCUT2D eigenvalue weighted by Crippen LogP contribution is -2.55. The summed E-state index contributed by atoms with van der Waals surface area (Å²) in [5, 5.41) is 5.27. The van der Waals surface area contributed by atoms with Gasteiger partial charge in [-0.15, -0.1) is 0 Å². The average Bonchev–Trinajstić information content (AvgIpc) is 3.65. The number of fused-ring (bicyclic) bond motifs is 8. The third-order valence-corrected chi connectivity index (χ3v) is 15.2. The van der Waals surface area contributed by atoms with E-state index in [4.69, 9.17) is 15.0 Å². The van der Waals surface area contributed by atoms with Crippen molar-refractivity contribution >= 4 is 21.5 Å². The topological polar surface area (TPSA) is 38.7 Å².